The van der Waals surface area contributed by atoms with Crippen LogP contribution < -0.4 is 0 Å². The number of para-hydroxylation sites is 5. The quantitative estimate of drug-likeness (QED) is 0.205. The summed E-state index contributed by atoms with van der Waals surface area (Å²) in [6.07, 6.45) is 0. The Hall–Kier alpha value is -5.85. The van der Waals surface area contributed by atoms with Crippen molar-refractivity contribution in [3.8, 4) is 27.6 Å². The molecule has 0 aliphatic carbocycles. The van der Waals surface area contributed by atoms with E-state index in [0.29, 0.717) is 0 Å². The minimum Gasteiger partial charge on any atom is -0.279 e. The normalized spacial score (nSPS) is 12.0. The molecule has 0 N–H and O–H groups in total. The summed E-state index contributed by atoms with van der Waals surface area (Å²) < 4.78 is 5.71. The van der Waals surface area contributed by atoms with Gasteiger partial charge in [-0.3, -0.25) is 8.97 Å². The van der Waals surface area contributed by atoms with Crippen molar-refractivity contribution in [1.82, 2.24) is 23.9 Å². The van der Waals surface area contributed by atoms with E-state index in [2.05, 4.69) is 130 Å². The fraction of sp³-hybridized carbons (Fsp3) is 0. The van der Waals surface area contributed by atoms with Gasteiger partial charge in [0.2, 0.25) is 5.95 Å². The van der Waals surface area contributed by atoms with Gasteiger partial charge in [0.25, 0.3) is 0 Å². The van der Waals surface area contributed by atoms with E-state index >= 15 is 0 Å². The third-order valence-corrected chi connectivity index (χ3v) is 9.84. The maximum atomic E-state index is 5.28. The topological polar surface area (TPSA) is 48.0 Å². The van der Waals surface area contributed by atoms with Crippen LogP contribution in [0.25, 0.3) is 87.3 Å². The minimum atomic E-state index is 0.830. The molecule has 4 heterocycles. The summed E-state index contributed by atoms with van der Waals surface area (Å²) in [5.41, 5.74) is 10.6. The molecular formula is C39H23N5S. The second-order valence-electron chi connectivity index (χ2n) is 11.3. The molecule has 5 nitrogen and oxygen atoms in total. The van der Waals surface area contributed by atoms with Crippen LogP contribution in [0.5, 0.6) is 0 Å². The lowest BCUT2D eigenvalue weighted by atomic mass is 10.0. The number of fused-ring (bicyclic) bond motifs is 9. The van der Waals surface area contributed by atoms with Gasteiger partial charge in [-0.15, -0.1) is 11.3 Å². The average molecular weight is 594 g/mol. The molecule has 0 radical (unpaired) electrons. The van der Waals surface area contributed by atoms with Gasteiger partial charge in [0, 0.05) is 21.7 Å². The summed E-state index contributed by atoms with van der Waals surface area (Å²) in [7, 11) is 0. The van der Waals surface area contributed by atoms with Gasteiger partial charge in [0.1, 0.15) is 10.7 Å². The van der Waals surface area contributed by atoms with E-state index in [1.165, 1.54) is 26.6 Å². The van der Waals surface area contributed by atoms with Crippen LogP contribution in [0, 0.1) is 0 Å². The number of hydrogen-bond donors (Lipinski definition) is 0. The lowest BCUT2D eigenvalue weighted by molar-refractivity contribution is 0.979. The molecule has 0 unspecified atom stereocenters. The van der Waals surface area contributed by atoms with Crippen molar-refractivity contribution < 1.29 is 0 Å². The summed E-state index contributed by atoms with van der Waals surface area (Å²) in [4.78, 5) is 15.2. The van der Waals surface area contributed by atoms with Gasteiger partial charge in [-0.2, -0.15) is 0 Å². The zero-order valence-corrected chi connectivity index (χ0v) is 24.7. The largest absolute Gasteiger partial charge is 0.279 e. The van der Waals surface area contributed by atoms with E-state index in [4.69, 9.17) is 15.0 Å². The van der Waals surface area contributed by atoms with Crippen LogP contribution in [-0.2, 0) is 0 Å². The fourth-order valence-corrected chi connectivity index (χ4v) is 7.62. The molecule has 0 saturated heterocycles. The van der Waals surface area contributed by atoms with Gasteiger partial charge in [-0.25, -0.2) is 15.0 Å². The summed E-state index contributed by atoms with van der Waals surface area (Å²) in [5.74, 6) is 0.830. The first kappa shape index (κ1) is 24.6. The van der Waals surface area contributed by atoms with Crippen LogP contribution in [0.2, 0.25) is 0 Å². The first-order valence-electron chi connectivity index (χ1n) is 15.0. The molecule has 0 spiro atoms. The minimum absolute atomic E-state index is 0.830. The van der Waals surface area contributed by atoms with E-state index in [9.17, 15) is 0 Å². The molecule has 10 aromatic rings. The average Bonchev–Trinajstić information content (AvgIpc) is 3.80. The van der Waals surface area contributed by atoms with Gasteiger partial charge in [-0.1, -0.05) is 84.9 Å². The van der Waals surface area contributed by atoms with Crippen molar-refractivity contribution >= 4 is 70.9 Å². The maximum absolute atomic E-state index is 5.28. The molecule has 0 bridgehead atoms. The number of rotatable bonds is 3. The van der Waals surface area contributed by atoms with Crippen molar-refractivity contribution in [3.63, 3.8) is 0 Å². The first-order valence-corrected chi connectivity index (χ1v) is 15.8. The smallest absolute Gasteiger partial charge is 0.221 e. The standard InChI is InChI=1S/C39H23N5S/c1-3-11-30-28(10-1)37-40-31-12-4-7-15-35(31)44(37)39(42-30)43-33-14-6-2-9-27(33)29-23-26(21-22-34(29)43)24-17-19-25(20-18-24)38-41-32-13-5-8-16-36(32)45-38/h1-23H. The van der Waals surface area contributed by atoms with Crippen LogP contribution >= 0.6 is 11.3 Å². The number of nitrogens with zero attached hydrogens (tertiary/aromatic N) is 5. The molecule has 10 rings (SSSR count). The Bertz CT molecular complexity index is 2730. The van der Waals surface area contributed by atoms with Gasteiger partial charge in [0.15, 0.2) is 0 Å². The summed E-state index contributed by atoms with van der Waals surface area (Å²) in [6.45, 7) is 0. The lowest BCUT2D eigenvalue weighted by Crippen LogP contribution is -2.06. The number of hydrogen-bond acceptors (Lipinski definition) is 4. The molecule has 0 saturated carbocycles. The van der Waals surface area contributed by atoms with Crippen LogP contribution in [0.4, 0.5) is 0 Å². The molecule has 6 aromatic carbocycles. The molecule has 0 aliphatic rings. The van der Waals surface area contributed by atoms with E-state index in [1.807, 2.05) is 18.2 Å². The third kappa shape index (κ3) is 3.63. The highest BCUT2D eigenvalue weighted by atomic mass is 32.1. The Morgan fingerprint density at radius 3 is 1.93 bits per heavy atom. The van der Waals surface area contributed by atoms with Crippen molar-refractivity contribution in [2.75, 3.05) is 0 Å². The molecule has 0 aliphatic heterocycles. The second kappa shape index (κ2) is 9.32. The van der Waals surface area contributed by atoms with E-state index < -0.39 is 0 Å². The van der Waals surface area contributed by atoms with Gasteiger partial charge in [0.05, 0.1) is 37.8 Å². The van der Waals surface area contributed by atoms with Gasteiger partial charge in [-0.05, 0) is 65.7 Å². The fourth-order valence-electron chi connectivity index (χ4n) is 6.65. The highest BCUT2D eigenvalue weighted by molar-refractivity contribution is 7.21. The number of thiazole rings is 1. The van der Waals surface area contributed by atoms with Crippen molar-refractivity contribution in [3.05, 3.63) is 140 Å². The van der Waals surface area contributed by atoms with Crippen LogP contribution in [-0.4, -0.2) is 23.9 Å². The van der Waals surface area contributed by atoms with E-state index in [0.717, 1.165) is 60.7 Å². The van der Waals surface area contributed by atoms with Crippen LogP contribution in [0.1, 0.15) is 0 Å². The van der Waals surface area contributed by atoms with Crippen molar-refractivity contribution in [2.24, 2.45) is 0 Å². The monoisotopic (exact) mass is 593 g/mol. The molecule has 45 heavy (non-hydrogen) atoms. The Kier molecular flexibility index (Phi) is 5.09. The van der Waals surface area contributed by atoms with Gasteiger partial charge >= 0.3 is 0 Å². The molecule has 4 aromatic heterocycles. The van der Waals surface area contributed by atoms with Gasteiger partial charge < -0.3 is 0 Å². The third-order valence-electron chi connectivity index (χ3n) is 8.76. The van der Waals surface area contributed by atoms with Crippen molar-refractivity contribution in [2.45, 2.75) is 0 Å². The summed E-state index contributed by atoms with van der Waals surface area (Å²) in [5, 5.41) is 4.45. The SMILES string of the molecule is c1ccc2sc(-c3ccc(-c4ccc5c(c4)c4ccccc4n5-c4nc5ccccc5c5nc6ccccc6n45)cc3)nc2c1. The number of imidazole rings is 1. The summed E-state index contributed by atoms with van der Waals surface area (Å²) in [6, 6.07) is 49.0. The molecular weight excluding hydrogens is 571 g/mol. The number of aromatic nitrogens is 5. The number of benzene rings is 6. The van der Waals surface area contributed by atoms with Crippen LogP contribution in [0.15, 0.2) is 140 Å². The second-order valence-corrected chi connectivity index (χ2v) is 12.4. The molecule has 0 amide bonds. The Labute approximate surface area is 261 Å². The van der Waals surface area contributed by atoms with Crippen molar-refractivity contribution in [1.29, 1.82) is 0 Å². The highest BCUT2D eigenvalue weighted by Crippen LogP contribution is 2.37. The lowest BCUT2D eigenvalue weighted by Gasteiger charge is -2.12. The predicted molar refractivity (Wildman–Crippen MR) is 186 cm³/mol. The maximum Gasteiger partial charge on any atom is 0.221 e. The van der Waals surface area contributed by atoms with E-state index in [1.54, 1.807) is 11.3 Å². The first-order chi connectivity index (χ1) is 22.3. The Balaban J connectivity index is 1.18. The molecule has 6 heteroatoms. The highest BCUT2D eigenvalue weighted by Gasteiger charge is 2.20. The molecule has 0 atom stereocenters. The molecule has 0 fully saturated rings. The molecule has 210 valence electrons. The zero-order valence-electron chi connectivity index (χ0n) is 23.9. The Morgan fingerprint density at radius 1 is 0.444 bits per heavy atom. The Morgan fingerprint density at radius 2 is 1.09 bits per heavy atom. The summed E-state index contributed by atoms with van der Waals surface area (Å²) >= 11 is 1.73. The predicted octanol–water partition coefficient (Wildman–Crippen LogP) is 10.1. The zero-order chi connectivity index (χ0) is 29.5. The van der Waals surface area contributed by atoms with Crippen LogP contribution in [0.3, 0.4) is 0 Å². The van der Waals surface area contributed by atoms with E-state index in [-0.39, 0.29) is 0 Å².